The summed E-state index contributed by atoms with van der Waals surface area (Å²) in [4.78, 5) is 11.1. The molecule has 0 unspecified atom stereocenters. The van der Waals surface area contributed by atoms with Crippen LogP contribution in [0.5, 0.6) is 0 Å². The quantitative estimate of drug-likeness (QED) is 0.410. The Morgan fingerprint density at radius 2 is 2.00 bits per heavy atom. The number of hydrogen-bond donors (Lipinski definition) is 0. The van der Waals surface area contributed by atoms with Crippen LogP contribution >= 0.6 is 0 Å². The van der Waals surface area contributed by atoms with Gasteiger partial charge in [-0.15, -0.1) is 0 Å². The number of carbonyl (C=O) groups excluding carboxylic acids is 1. The molecule has 0 bridgehead atoms. The first-order chi connectivity index (χ1) is 5.49. The number of esters is 1. The summed E-state index contributed by atoms with van der Waals surface area (Å²) >= 11 is 0. The molecule has 1 aliphatic heterocycles. The van der Waals surface area contributed by atoms with Crippen LogP contribution in [-0.4, -0.2) is 11.6 Å². The van der Waals surface area contributed by atoms with E-state index in [1.165, 1.54) is 5.57 Å². The van der Waals surface area contributed by atoms with Crippen LogP contribution in [0.4, 0.5) is 0 Å². The summed E-state index contributed by atoms with van der Waals surface area (Å²) in [6, 6.07) is 0. The molecule has 12 heavy (non-hydrogen) atoms. The van der Waals surface area contributed by atoms with Crippen molar-refractivity contribution in [2.75, 3.05) is 0 Å². The molecule has 0 saturated carbocycles. The number of allylic oxidation sites excluding steroid dienone is 1. The van der Waals surface area contributed by atoms with E-state index in [0.717, 1.165) is 19.3 Å². The van der Waals surface area contributed by atoms with Gasteiger partial charge in [-0.25, -0.2) is 0 Å². The predicted octanol–water partition coefficient (Wildman–Crippen LogP) is 2.44. The zero-order chi connectivity index (χ0) is 9.19. The monoisotopic (exact) mass is 168 g/mol. The fourth-order valence-electron chi connectivity index (χ4n) is 1.29. The van der Waals surface area contributed by atoms with Crippen LogP contribution in [0.1, 0.15) is 39.5 Å². The molecule has 0 aromatic heterocycles. The largest absolute Gasteiger partial charge is 0.460 e. The highest BCUT2D eigenvalue weighted by molar-refractivity contribution is 5.70. The Hall–Kier alpha value is -0.790. The van der Waals surface area contributed by atoms with Crippen molar-refractivity contribution in [1.29, 1.82) is 0 Å². The summed E-state index contributed by atoms with van der Waals surface area (Å²) in [5.41, 5.74) is 0.861. The van der Waals surface area contributed by atoms with Crippen LogP contribution in [0.25, 0.3) is 0 Å². The van der Waals surface area contributed by atoms with Crippen molar-refractivity contribution in [2.45, 2.75) is 45.1 Å². The van der Waals surface area contributed by atoms with Crippen molar-refractivity contribution in [1.82, 2.24) is 0 Å². The van der Waals surface area contributed by atoms with Gasteiger partial charge in [-0.3, -0.25) is 4.79 Å². The third-order valence-corrected chi connectivity index (χ3v) is 2.15. The van der Waals surface area contributed by atoms with E-state index < -0.39 is 0 Å². The molecule has 0 aromatic rings. The Balaban J connectivity index is 2.61. The first-order valence-corrected chi connectivity index (χ1v) is 4.38. The van der Waals surface area contributed by atoms with Crippen LogP contribution in [-0.2, 0) is 9.53 Å². The minimum absolute atomic E-state index is 0.0964. The lowest BCUT2D eigenvalue weighted by atomic mass is 9.95. The molecule has 0 amide bonds. The third kappa shape index (κ3) is 2.68. The van der Waals surface area contributed by atoms with Gasteiger partial charge in [0.25, 0.3) is 0 Å². The average molecular weight is 168 g/mol. The molecule has 1 fully saturated rings. The molecule has 1 saturated heterocycles. The number of hydrogen-bond acceptors (Lipinski definition) is 2. The lowest BCUT2D eigenvalue weighted by molar-refractivity contribution is -0.157. The molecule has 2 heteroatoms. The van der Waals surface area contributed by atoms with Crippen molar-refractivity contribution in [3.8, 4) is 0 Å². The second-order valence-electron chi connectivity index (χ2n) is 3.98. The fourth-order valence-corrected chi connectivity index (χ4v) is 1.29. The van der Waals surface area contributed by atoms with E-state index in [-0.39, 0.29) is 11.6 Å². The molecule has 0 N–H and O–H groups in total. The van der Waals surface area contributed by atoms with Gasteiger partial charge >= 0.3 is 5.97 Å². The molecule has 68 valence electrons. The molecule has 0 aromatic carbocycles. The lowest BCUT2D eigenvalue weighted by Gasteiger charge is -2.27. The maximum atomic E-state index is 11.1. The average Bonchev–Trinajstić information content (AvgIpc) is 1.95. The van der Waals surface area contributed by atoms with Gasteiger partial charge in [0.2, 0.25) is 0 Å². The van der Waals surface area contributed by atoms with Gasteiger partial charge in [0.05, 0.1) is 0 Å². The highest BCUT2D eigenvalue weighted by Crippen LogP contribution is 2.25. The van der Waals surface area contributed by atoms with Crippen molar-refractivity contribution in [2.24, 2.45) is 0 Å². The Kier molecular flexibility index (Phi) is 2.55. The van der Waals surface area contributed by atoms with Crippen LogP contribution in [0.3, 0.4) is 0 Å². The van der Waals surface area contributed by atoms with Gasteiger partial charge in [-0.2, -0.15) is 0 Å². The zero-order valence-corrected chi connectivity index (χ0v) is 7.85. The van der Waals surface area contributed by atoms with Crippen molar-refractivity contribution in [3.05, 3.63) is 12.2 Å². The Bertz CT molecular complexity index is 204. The van der Waals surface area contributed by atoms with Crippen LogP contribution < -0.4 is 0 Å². The fraction of sp³-hybridized carbons (Fsp3) is 0.700. The molecule has 1 rings (SSSR count). The van der Waals surface area contributed by atoms with Crippen LogP contribution in [0.15, 0.2) is 12.2 Å². The second-order valence-corrected chi connectivity index (χ2v) is 3.98. The maximum Gasteiger partial charge on any atom is 0.306 e. The van der Waals surface area contributed by atoms with E-state index in [4.69, 9.17) is 4.74 Å². The van der Waals surface area contributed by atoms with E-state index in [1.807, 2.05) is 13.8 Å². The van der Waals surface area contributed by atoms with E-state index in [1.54, 1.807) is 0 Å². The molecule has 0 atom stereocenters. The second kappa shape index (κ2) is 3.30. The van der Waals surface area contributed by atoms with Gasteiger partial charge in [-0.05, 0) is 33.1 Å². The summed E-state index contributed by atoms with van der Waals surface area (Å²) in [6.45, 7) is 7.80. The van der Waals surface area contributed by atoms with Gasteiger partial charge < -0.3 is 4.74 Å². The SMILES string of the molecule is C=C1CCC(=O)OC(C)(C)CC1. The highest BCUT2D eigenvalue weighted by atomic mass is 16.6. The van der Waals surface area contributed by atoms with E-state index in [0.29, 0.717) is 6.42 Å². The molecular weight excluding hydrogens is 152 g/mol. The third-order valence-electron chi connectivity index (χ3n) is 2.15. The minimum Gasteiger partial charge on any atom is -0.460 e. The van der Waals surface area contributed by atoms with Crippen molar-refractivity contribution in [3.63, 3.8) is 0 Å². The van der Waals surface area contributed by atoms with Crippen LogP contribution in [0.2, 0.25) is 0 Å². The molecule has 0 aliphatic carbocycles. The van der Waals surface area contributed by atoms with E-state index in [2.05, 4.69) is 6.58 Å². The summed E-state index contributed by atoms with van der Waals surface area (Å²) in [5, 5.41) is 0. The molecule has 0 radical (unpaired) electrons. The highest BCUT2D eigenvalue weighted by Gasteiger charge is 2.24. The number of cyclic esters (lactones) is 1. The van der Waals surface area contributed by atoms with Gasteiger partial charge in [0.15, 0.2) is 0 Å². The Labute approximate surface area is 73.6 Å². The van der Waals surface area contributed by atoms with E-state index in [9.17, 15) is 4.79 Å². The molecule has 1 heterocycles. The maximum absolute atomic E-state index is 11.1. The molecular formula is C10H16O2. The molecule has 1 aliphatic rings. The van der Waals surface area contributed by atoms with E-state index >= 15 is 0 Å². The Morgan fingerprint density at radius 1 is 1.33 bits per heavy atom. The molecule has 2 nitrogen and oxygen atoms in total. The number of ether oxygens (including phenoxy) is 1. The topological polar surface area (TPSA) is 26.3 Å². The lowest BCUT2D eigenvalue weighted by Crippen LogP contribution is -2.29. The predicted molar refractivity (Wildman–Crippen MR) is 47.8 cm³/mol. The standard InChI is InChI=1S/C10H16O2/c1-8-4-5-9(11)12-10(2,3)7-6-8/h1,4-7H2,2-3H3. The zero-order valence-electron chi connectivity index (χ0n) is 7.85. The summed E-state index contributed by atoms with van der Waals surface area (Å²) in [7, 11) is 0. The first-order valence-electron chi connectivity index (χ1n) is 4.38. The van der Waals surface area contributed by atoms with Gasteiger partial charge in [-0.1, -0.05) is 12.2 Å². The smallest absolute Gasteiger partial charge is 0.306 e. The first kappa shape index (κ1) is 9.30. The molecule has 0 spiro atoms. The number of rotatable bonds is 0. The minimum atomic E-state index is -0.305. The van der Waals surface area contributed by atoms with Gasteiger partial charge in [0, 0.05) is 6.42 Å². The number of carbonyl (C=O) groups is 1. The summed E-state index contributed by atoms with van der Waals surface area (Å²) < 4.78 is 5.25. The summed E-state index contributed by atoms with van der Waals surface area (Å²) in [5.74, 6) is -0.0964. The van der Waals surface area contributed by atoms with Gasteiger partial charge in [0.1, 0.15) is 5.60 Å². The van der Waals surface area contributed by atoms with Crippen molar-refractivity contribution < 1.29 is 9.53 Å². The van der Waals surface area contributed by atoms with Crippen LogP contribution in [0, 0.1) is 0 Å². The Morgan fingerprint density at radius 3 is 2.67 bits per heavy atom. The van der Waals surface area contributed by atoms with Crippen molar-refractivity contribution >= 4 is 5.97 Å². The summed E-state index contributed by atoms with van der Waals surface area (Å²) in [6.07, 6.45) is 3.13. The normalized spacial score (nSPS) is 24.2.